The van der Waals surface area contributed by atoms with E-state index in [1.165, 1.54) is 18.3 Å². The van der Waals surface area contributed by atoms with Crippen LogP contribution in [0.5, 0.6) is 0 Å². The van der Waals surface area contributed by atoms with Crippen molar-refractivity contribution in [2.45, 2.75) is 0 Å². The Hall–Kier alpha value is -2.04. The first-order valence-electron chi connectivity index (χ1n) is 4.77. The number of nitrogens with zero attached hydrogens (tertiary/aromatic N) is 2. The molecule has 0 amide bonds. The molecule has 0 spiro atoms. The van der Waals surface area contributed by atoms with Crippen LogP contribution in [0.15, 0.2) is 28.9 Å². The van der Waals surface area contributed by atoms with Gasteiger partial charge in [0, 0.05) is 25.3 Å². The molecule has 5 heteroatoms. The number of halogens is 1. The van der Waals surface area contributed by atoms with Crippen LogP contribution in [0, 0.1) is 5.82 Å². The predicted molar refractivity (Wildman–Crippen MR) is 60.6 cm³/mol. The molecule has 0 fully saturated rings. The molecule has 0 atom stereocenters. The quantitative estimate of drug-likeness (QED) is 0.844. The summed E-state index contributed by atoms with van der Waals surface area (Å²) in [6.45, 7) is 0. The molecule has 16 heavy (non-hydrogen) atoms. The van der Waals surface area contributed by atoms with Gasteiger partial charge < -0.3 is 15.2 Å². The van der Waals surface area contributed by atoms with E-state index in [-0.39, 0.29) is 11.7 Å². The van der Waals surface area contributed by atoms with E-state index in [0.717, 1.165) is 11.3 Å². The second-order valence-corrected chi connectivity index (χ2v) is 3.66. The minimum absolute atomic E-state index is 0.231. The molecule has 1 aromatic carbocycles. The minimum atomic E-state index is -0.289. The van der Waals surface area contributed by atoms with Gasteiger partial charge in [0.05, 0.1) is 11.8 Å². The Morgan fingerprint density at radius 1 is 1.31 bits per heavy atom. The van der Waals surface area contributed by atoms with E-state index in [4.69, 9.17) is 10.3 Å². The van der Waals surface area contributed by atoms with Gasteiger partial charge >= 0.3 is 0 Å². The monoisotopic (exact) mass is 221 g/mol. The third-order valence-corrected chi connectivity index (χ3v) is 2.33. The Morgan fingerprint density at radius 2 is 2.06 bits per heavy atom. The smallest absolute Gasteiger partial charge is 0.230 e. The van der Waals surface area contributed by atoms with Gasteiger partial charge in [-0.2, -0.15) is 0 Å². The van der Waals surface area contributed by atoms with Crippen LogP contribution in [0.1, 0.15) is 0 Å². The normalized spacial score (nSPS) is 10.4. The van der Waals surface area contributed by atoms with Gasteiger partial charge in [-0.25, -0.2) is 4.39 Å². The number of nitrogen functional groups attached to an aromatic ring is 1. The van der Waals surface area contributed by atoms with Crippen molar-refractivity contribution >= 4 is 11.6 Å². The van der Waals surface area contributed by atoms with E-state index in [9.17, 15) is 4.39 Å². The molecule has 2 aromatic rings. The molecular formula is C11H12FN3O. The molecule has 84 valence electrons. The number of hydrogen-bond donors (Lipinski definition) is 1. The summed E-state index contributed by atoms with van der Waals surface area (Å²) in [5.74, 6) is -0.0582. The van der Waals surface area contributed by atoms with Gasteiger partial charge in [0.15, 0.2) is 0 Å². The van der Waals surface area contributed by atoms with Crippen LogP contribution in [0.2, 0.25) is 0 Å². The zero-order valence-corrected chi connectivity index (χ0v) is 9.07. The maximum absolute atomic E-state index is 13.2. The lowest BCUT2D eigenvalue weighted by atomic mass is 10.1. The molecule has 0 aliphatic heterocycles. The minimum Gasteiger partial charge on any atom is -0.377 e. The van der Waals surface area contributed by atoms with Crippen LogP contribution in [0.4, 0.5) is 16.0 Å². The molecule has 0 bridgehead atoms. The van der Waals surface area contributed by atoms with E-state index in [2.05, 4.69) is 5.16 Å². The van der Waals surface area contributed by atoms with Crippen molar-refractivity contribution in [3.05, 3.63) is 30.2 Å². The van der Waals surface area contributed by atoms with Crippen molar-refractivity contribution in [2.24, 2.45) is 0 Å². The molecule has 0 aliphatic rings. The first-order valence-corrected chi connectivity index (χ1v) is 4.77. The van der Waals surface area contributed by atoms with Gasteiger partial charge in [-0.05, 0) is 18.2 Å². The summed E-state index contributed by atoms with van der Waals surface area (Å²) in [4.78, 5) is 1.81. The van der Waals surface area contributed by atoms with Crippen molar-refractivity contribution in [1.82, 2.24) is 5.16 Å². The van der Waals surface area contributed by atoms with Gasteiger partial charge in [-0.1, -0.05) is 5.16 Å². The summed E-state index contributed by atoms with van der Waals surface area (Å²) in [5.41, 5.74) is 7.84. The topological polar surface area (TPSA) is 55.3 Å². The highest BCUT2D eigenvalue weighted by Gasteiger charge is 2.13. The third-order valence-electron chi connectivity index (χ3n) is 2.33. The average Bonchev–Trinajstić information content (AvgIpc) is 2.64. The van der Waals surface area contributed by atoms with Crippen molar-refractivity contribution < 1.29 is 8.91 Å². The van der Waals surface area contributed by atoms with Gasteiger partial charge in [-0.3, -0.25) is 0 Å². The Morgan fingerprint density at radius 3 is 2.62 bits per heavy atom. The number of rotatable bonds is 2. The highest BCUT2D eigenvalue weighted by Crippen LogP contribution is 2.33. The van der Waals surface area contributed by atoms with Crippen molar-refractivity contribution in [2.75, 3.05) is 24.7 Å². The molecule has 1 aromatic heterocycles. The maximum atomic E-state index is 13.2. The summed E-state index contributed by atoms with van der Waals surface area (Å²) < 4.78 is 18.0. The van der Waals surface area contributed by atoms with Crippen LogP contribution < -0.4 is 10.6 Å². The second-order valence-electron chi connectivity index (χ2n) is 3.66. The van der Waals surface area contributed by atoms with Crippen LogP contribution in [0.3, 0.4) is 0 Å². The molecule has 1 heterocycles. The Bertz CT molecular complexity index is 508. The largest absolute Gasteiger partial charge is 0.377 e. The molecule has 2 rings (SSSR count). The first-order chi connectivity index (χ1) is 7.59. The highest BCUT2D eigenvalue weighted by atomic mass is 19.1. The van der Waals surface area contributed by atoms with E-state index in [1.54, 1.807) is 6.07 Å². The van der Waals surface area contributed by atoms with Crippen molar-refractivity contribution in [3.8, 4) is 11.1 Å². The standard InChI is InChI=1S/C11H12FN3O/c1-15(2)10-5-7(12)3-4-8(10)9-6-14-16-11(9)13/h3-6H,13H2,1-2H3. The summed E-state index contributed by atoms with van der Waals surface area (Å²) in [7, 11) is 3.67. The number of nitrogens with two attached hydrogens (primary N) is 1. The van der Waals surface area contributed by atoms with Crippen LogP contribution in [-0.4, -0.2) is 19.3 Å². The van der Waals surface area contributed by atoms with Crippen molar-refractivity contribution in [1.29, 1.82) is 0 Å². The zero-order chi connectivity index (χ0) is 11.7. The summed E-state index contributed by atoms with van der Waals surface area (Å²) in [6.07, 6.45) is 1.52. The van der Waals surface area contributed by atoms with Gasteiger partial charge in [0.2, 0.25) is 5.88 Å². The lowest BCUT2D eigenvalue weighted by molar-refractivity contribution is 0.436. The second kappa shape index (κ2) is 3.84. The molecule has 0 radical (unpaired) electrons. The summed E-state index contributed by atoms with van der Waals surface area (Å²) in [6, 6.07) is 4.49. The SMILES string of the molecule is CN(C)c1cc(F)ccc1-c1cnoc1N. The average molecular weight is 221 g/mol. The number of aromatic nitrogens is 1. The van der Waals surface area contributed by atoms with E-state index in [0.29, 0.717) is 5.56 Å². The molecular weight excluding hydrogens is 209 g/mol. The van der Waals surface area contributed by atoms with E-state index >= 15 is 0 Å². The fourth-order valence-corrected chi connectivity index (χ4v) is 1.55. The fourth-order valence-electron chi connectivity index (χ4n) is 1.55. The Labute approximate surface area is 92.4 Å². The number of anilines is 2. The molecule has 0 saturated carbocycles. The summed E-state index contributed by atoms with van der Waals surface area (Å²) >= 11 is 0. The van der Waals surface area contributed by atoms with Crippen molar-refractivity contribution in [3.63, 3.8) is 0 Å². The maximum Gasteiger partial charge on any atom is 0.230 e. The van der Waals surface area contributed by atoms with Gasteiger partial charge in [0.1, 0.15) is 5.82 Å². The van der Waals surface area contributed by atoms with E-state index in [1.807, 2.05) is 19.0 Å². The fraction of sp³-hybridized carbons (Fsp3) is 0.182. The van der Waals surface area contributed by atoms with Crippen LogP contribution >= 0.6 is 0 Å². The highest BCUT2D eigenvalue weighted by molar-refractivity contribution is 5.83. The van der Waals surface area contributed by atoms with Crippen LogP contribution in [0.25, 0.3) is 11.1 Å². The number of hydrogen-bond acceptors (Lipinski definition) is 4. The first kappa shape index (κ1) is 10.5. The molecule has 4 nitrogen and oxygen atoms in total. The molecule has 0 saturated heterocycles. The lowest BCUT2D eigenvalue weighted by Crippen LogP contribution is -2.10. The van der Waals surface area contributed by atoms with Gasteiger partial charge in [0.25, 0.3) is 0 Å². The molecule has 0 aliphatic carbocycles. The predicted octanol–water partition coefficient (Wildman–Crippen LogP) is 2.13. The van der Waals surface area contributed by atoms with Gasteiger partial charge in [-0.15, -0.1) is 0 Å². The Balaban J connectivity index is 2.61. The van der Waals surface area contributed by atoms with E-state index < -0.39 is 0 Å². The molecule has 2 N–H and O–H groups in total. The summed E-state index contributed by atoms with van der Waals surface area (Å²) in [5, 5.41) is 3.61. The molecule has 0 unspecified atom stereocenters. The zero-order valence-electron chi connectivity index (χ0n) is 9.07. The third kappa shape index (κ3) is 1.71. The Kier molecular flexibility index (Phi) is 2.52. The van der Waals surface area contributed by atoms with Crippen LogP contribution in [-0.2, 0) is 0 Å². The lowest BCUT2D eigenvalue weighted by Gasteiger charge is -2.16. The number of benzene rings is 1.